The molecule has 1 rings (SSSR count). The fourth-order valence-corrected chi connectivity index (χ4v) is 1.36. The molecule has 0 aliphatic carbocycles. The first kappa shape index (κ1) is 14.4. The molecular weight excluding hydrogens is 263 g/mol. The van der Waals surface area contributed by atoms with E-state index in [0.29, 0.717) is 12.0 Å². The SMILES string of the molecule is O=C(O)CCc1ccc(OC(=O)P(=O)(O)O)cc1. The molecule has 18 heavy (non-hydrogen) atoms. The van der Waals surface area contributed by atoms with Gasteiger partial charge in [0, 0.05) is 6.42 Å². The van der Waals surface area contributed by atoms with Crippen LogP contribution < -0.4 is 4.74 Å². The largest absolute Gasteiger partial charge is 0.481 e. The standard InChI is InChI=1S/C10H11O7P/c11-9(12)6-3-7-1-4-8(5-2-7)17-10(13)18(14,15)16/h1-2,4-5H,3,6H2,(H,11,12)(H2,14,15,16). The van der Waals surface area contributed by atoms with E-state index in [-0.39, 0.29) is 12.2 Å². The molecule has 7 nitrogen and oxygen atoms in total. The maximum Gasteiger partial charge on any atom is 0.433 e. The molecule has 0 amide bonds. The van der Waals surface area contributed by atoms with E-state index in [0.717, 1.165) is 0 Å². The molecule has 8 heteroatoms. The van der Waals surface area contributed by atoms with Gasteiger partial charge in [0.2, 0.25) is 0 Å². The van der Waals surface area contributed by atoms with Crippen molar-refractivity contribution >= 4 is 19.3 Å². The van der Waals surface area contributed by atoms with Gasteiger partial charge < -0.3 is 19.6 Å². The molecule has 0 bridgehead atoms. The third kappa shape index (κ3) is 4.67. The number of rotatable bonds is 5. The second-order valence-electron chi connectivity index (χ2n) is 3.45. The molecule has 0 spiro atoms. The Balaban J connectivity index is 2.63. The lowest BCUT2D eigenvalue weighted by atomic mass is 10.1. The van der Waals surface area contributed by atoms with Crippen molar-refractivity contribution in [3.05, 3.63) is 29.8 Å². The van der Waals surface area contributed by atoms with Crippen molar-refractivity contribution in [3.63, 3.8) is 0 Å². The molecule has 0 aromatic heterocycles. The molecular formula is C10H11O7P. The first-order chi connectivity index (χ1) is 8.29. The average molecular weight is 274 g/mol. The van der Waals surface area contributed by atoms with Crippen molar-refractivity contribution in [1.82, 2.24) is 0 Å². The van der Waals surface area contributed by atoms with Gasteiger partial charge in [-0.15, -0.1) is 0 Å². The summed E-state index contributed by atoms with van der Waals surface area (Å²) in [5.41, 5.74) is -0.908. The van der Waals surface area contributed by atoms with E-state index in [1.165, 1.54) is 24.3 Å². The first-order valence-electron chi connectivity index (χ1n) is 4.87. The van der Waals surface area contributed by atoms with E-state index in [4.69, 9.17) is 14.9 Å². The molecule has 3 N–H and O–H groups in total. The number of hydrogen-bond donors (Lipinski definition) is 3. The first-order valence-corrected chi connectivity index (χ1v) is 6.49. The van der Waals surface area contributed by atoms with Crippen LogP contribution in [0.4, 0.5) is 4.79 Å². The molecule has 98 valence electrons. The Kier molecular flexibility index (Phi) is 4.61. The van der Waals surface area contributed by atoms with Crippen LogP contribution in [-0.4, -0.2) is 26.6 Å². The van der Waals surface area contributed by atoms with Gasteiger partial charge in [-0.3, -0.25) is 4.79 Å². The molecule has 0 heterocycles. The summed E-state index contributed by atoms with van der Waals surface area (Å²) < 4.78 is 15.0. The van der Waals surface area contributed by atoms with E-state index in [1.807, 2.05) is 0 Å². The Hall–Kier alpha value is -1.69. The highest BCUT2D eigenvalue weighted by molar-refractivity contribution is 7.69. The van der Waals surface area contributed by atoms with Crippen LogP contribution in [0.15, 0.2) is 24.3 Å². The van der Waals surface area contributed by atoms with Crippen molar-refractivity contribution in [3.8, 4) is 5.75 Å². The zero-order valence-electron chi connectivity index (χ0n) is 9.15. The normalized spacial score (nSPS) is 11.0. The summed E-state index contributed by atoms with van der Waals surface area (Å²) in [5, 5.41) is 8.48. The summed E-state index contributed by atoms with van der Waals surface area (Å²) in [4.78, 5) is 38.2. The van der Waals surface area contributed by atoms with Crippen LogP contribution in [0, 0.1) is 0 Å². The molecule has 0 radical (unpaired) electrons. The molecule has 1 aromatic rings. The van der Waals surface area contributed by atoms with Crippen molar-refractivity contribution in [1.29, 1.82) is 0 Å². The lowest BCUT2D eigenvalue weighted by Gasteiger charge is -2.05. The van der Waals surface area contributed by atoms with Crippen LogP contribution in [0.5, 0.6) is 5.75 Å². The Morgan fingerprint density at radius 2 is 1.72 bits per heavy atom. The minimum Gasteiger partial charge on any atom is -0.481 e. The Labute approximate surface area is 102 Å². The van der Waals surface area contributed by atoms with Gasteiger partial charge in [-0.1, -0.05) is 12.1 Å². The molecule has 0 aliphatic rings. The van der Waals surface area contributed by atoms with Gasteiger partial charge in [-0.2, -0.15) is 0 Å². The summed E-state index contributed by atoms with van der Waals surface area (Å²) >= 11 is 0. The predicted octanol–water partition coefficient (Wildman–Crippen LogP) is 1.38. The van der Waals surface area contributed by atoms with Gasteiger partial charge >= 0.3 is 19.3 Å². The van der Waals surface area contributed by atoms with E-state index < -0.39 is 19.3 Å². The van der Waals surface area contributed by atoms with Crippen LogP contribution in [0.25, 0.3) is 0 Å². The van der Waals surface area contributed by atoms with E-state index in [9.17, 15) is 14.2 Å². The number of carbonyl (C=O) groups is 2. The lowest BCUT2D eigenvalue weighted by molar-refractivity contribution is -0.136. The predicted molar refractivity (Wildman–Crippen MR) is 60.5 cm³/mol. The monoisotopic (exact) mass is 274 g/mol. The van der Waals surface area contributed by atoms with Gasteiger partial charge in [0.25, 0.3) is 0 Å². The summed E-state index contributed by atoms with van der Waals surface area (Å²) in [6, 6.07) is 5.71. The molecule has 0 fully saturated rings. The summed E-state index contributed by atoms with van der Waals surface area (Å²) in [6.45, 7) is 0. The summed E-state index contributed by atoms with van der Waals surface area (Å²) in [5.74, 6) is -0.936. The third-order valence-electron chi connectivity index (χ3n) is 1.99. The lowest BCUT2D eigenvalue weighted by Crippen LogP contribution is -2.06. The van der Waals surface area contributed by atoms with Crippen molar-refractivity contribution in [2.24, 2.45) is 0 Å². The van der Waals surface area contributed by atoms with Gasteiger partial charge in [-0.05, 0) is 24.1 Å². The zero-order chi connectivity index (χ0) is 13.8. The fourth-order valence-electron chi connectivity index (χ4n) is 1.14. The third-order valence-corrected chi connectivity index (χ3v) is 2.56. The second-order valence-corrected chi connectivity index (χ2v) is 4.90. The molecule has 1 aromatic carbocycles. The average Bonchev–Trinajstić information content (AvgIpc) is 2.26. The number of aliphatic carboxylic acids is 1. The van der Waals surface area contributed by atoms with E-state index >= 15 is 0 Å². The summed E-state index contributed by atoms with van der Waals surface area (Å²) in [7, 11) is -4.90. The molecule has 0 saturated carbocycles. The van der Waals surface area contributed by atoms with Crippen LogP contribution >= 0.6 is 7.60 Å². The molecule has 0 aliphatic heterocycles. The van der Waals surface area contributed by atoms with E-state index in [2.05, 4.69) is 4.74 Å². The molecule has 0 unspecified atom stereocenters. The number of aryl methyl sites for hydroxylation is 1. The Morgan fingerprint density at radius 3 is 2.17 bits per heavy atom. The number of ether oxygens (including phenoxy) is 1. The molecule has 0 saturated heterocycles. The molecule has 0 atom stereocenters. The smallest absolute Gasteiger partial charge is 0.433 e. The Morgan fingerprint density at radius 1 is 1.17 bits per heavy atom. The number of benzene rings is 1. The van der Waals surface area contributed by atoms with Gasteiger partial charge in [0.15, 0.2) is 0 Å². The Bertz CT molecular complexity index is 487. The van der Waals surface area contributed by atoms with Crippen LogP contribution in [0.2, 0.25) is 0 Å². The quantitative estimate of drug-likeness (QED) is 0.693. The maximum absolute atomic E-state index is 10.9. The number of carbonyl (C=O) groups excluding carboxylic acids is 1. The van der Waals surface area contributed by atoms with E-state index in [1.54, 1.807) is 0 Å². The maximum atomic E-state index is 10.9. The number of carboxylic acid groups (broad SMARTS) is 1. The van der Waals surface area contributed by atoms with Crippen molar-refractivity contribution in [2.75, 3.05) is 0 Å². The summed E-state index contributed by atoms with van der Waals surface area (Å²) in [6.07, 6.45) is 0.295. The number of hydrogen-bond acceptors (Lipinski definition) is 4. The van der Waals surface area contributed by atoms with Crippen LogP contribution in [0.3, 0.4) is 0 Å². The number of carboxylic acids is 1. The van der Waals surface area contributed by atoms with Gasteiger partial charge in [0.1, 0.15) is 5.75 Å². The van der Waals surface area contributed by atoms with Crippen LogP contribution in [0.1, 0.15) is 12.0 Å². The highest BCUT2D eigenvalue weighted by Gasteiger charge is 2.28. The van der Waals surface area contributed by atoms with Gasteiger partial charge in [0.05, 0.1) is 0 Å². The van der Waals surface area contributed by atoms with Gasteiger partial charge in [-0.25, -0.2) is 9.36 Å². The van der Waals surface area contributed by atoms with Crippen molar-refractivity contribution < 1.29 is 33.8 Å². The second kappa shape index (κ2) is 5.77. The minimum absolute atomic E-state index is 0.0117. The highest BCUT2D eigenvalue weighted by atomic mass is 31.2. The minimum atomic E-state index is -4.90. The topological polar surface area (TPSA) is 121 Å². The fraction of sp³-hybridized carbons (Fsp3) is 0.200. The van der Waals surface area contributed by atoms with Crippen molar-refractivity contribution in [2.45, 2.75) is 12.8 Å². The zero-order valence-corrected chi connectivity index (χ0v) is 10.0. The van der Waals surface area contributed by atoms with Crippen LogP contribution in [-0.2, 0) is 15.8 Å². The highest BCUT2D eigenvalue weighted by Crippen LogP contribution is 2.37.